The van der Waals surface area contributed by atoms with E-state index in [9.17, 15) is 4.79 Å². The predicted molar refractivity (Wildman–Crippen MR) is 144 cm³/mol. The summed E-state index contributed by atoms with van der Waals surface area (Å²) in [6.45, 7) is 2.41. The van der Waals surface area contributed by atoms with Gasteiger partial charge in [0, 0.05) is 36.0 Å². The minimum absolute atomic E-state index is 0.00854. The Hall–Kier alpha value is -4.59. The zero-order valence-electron chi connectivity index (χ0n) is 21.0. The molecule has 37 heavy (non-hydrogen) atoms. The van der Waals surface area contributed by atoms with Crippen molar-refractivity contribution in [3.8, 4) is 11.4 Å². The van der Waals surface area contributed by atoms with Gasteiger partial charge in [0.15, 0.2) is 0 Å². The Bertz CT molecular complexity index is 1430. The Labute approximate surface area is 216 Å². The standard InChI is InChI=1S/C29H30N6O2/c1-20-17-34(19-33-20)27-10-8-23(15-28(27)37-2)24(30)16-32-25-9-7-22-5-3-4-6-26(22)35(29(25)36)18-21-11-13-31-14-12-21/h3-6,8,10-17,19,25,32H,7,9,18,30H2,1-2H3/b24-16-. The lowest BCUT2D eigenvalue weighted by Gasteiger charge is -2.26. The highest BCUT2D eigenvalue weighted by Crippen LogP contribution is 2.29. The number of amides is 1. The van der Waals surface area contributed by atoms with E-state index in [2.05, 4.69) is 21.4 Å². The lowest BCUT2D eigenvalue weighted by molar-refractivity contribution is -0.120. The summed E-state index contributed by atoms with van der Waals surface area (Å²) in [5.74, 6) is 0.685. The van der Waals surface area contributed by atoms with E-state index < -0.39 is 6.04 Å². The first-order valence-corrected chi connectivity index (χ1v) is 12.2. The van der Waals surface area contributed by atoms with Crippen LogP contribution in [0.15, 0.2) is 85.7 Å². The van der Waals surface area contributed by atoms with E-state index in [-0.39, 0.29) is 5.91 Å². The molecule has 2 aromatic carbocycles. The number of ether oxygens (including phenoxy) is 1. The zero-order chi connectivity index (χ0) is 25.8. The molecule has 0 aliphatic carbocycles. The number of carbonyl (C=O) groups is 1. The van der Waals surface area contributed by atoms with E-state index in [1.54, 1.807) is 32.0 Å². The fraction of sp³-hybridized carbons (Fsp3) is 0.207. The van der Waals surface area contributed by atoms with Crippen LogP contribution in [-0.4, -0.2) is 33.6 Å². The largest absolute Gasteiger partial charge is 0.495 e. The van der Waals surface area contributed by atoms with Crippen LogP contribution in [0.25, 0.3) is 11.4 Å². The first-order valence-electron chi connectivity index (χ1n) is 12.2. The van der Waals surface area contributed by atoms with Crippen molar-refractivity contribution in [1.82, 2.24) is 19.9 Å². The number of imidazole rings is 1. The van der Waals surface area contributed by atoms with Gasteiger partial charge < -0.3 is 25.3 Å². The van der Waals surface area contributed by atoms with E-state index in [4.69, 9.17) is 10.5 Å². The van der Waals surface area contributed by atoms with E-state index >= 15 is 0 Å². The van der Waals surface area contributed by atoms with Gasteiger partial charge >= 0.3 is 0 Å². The van der Waals surface area contributed by atoms with Gasteiger partial charge in [-0.3, -0.25) is 9.78 Å². The third-order valence-electron chi connectivity index (χ3n) is 6.58. The molecule has 0 fully saturated rings. The number of para-hydroxylation sites is 1. The number of rotatable bonds is 7. The first kappa shape index (κ1) is 24.1. The lowest BCUT2D eigenvalue weighted by atomic mass is 10.1. The van der Waals surface area contributed by atoms with Gasteiger partial charge in [-0.1, -0.05) is 24.3 Å². The number of anilines is 1. The Morgan fingerprint density at radius 3 is 2.73 bits per heavy atom. The summed E-state index contributed by atoms with van der Waals surface area (Å²) in [5, 5.41) is 3.30. The van der Waals surface area contributed by atoms with E-state index in [0.717, 1.165) is 40.2 Å². The number of benzene rings is 2. The molecule has 4 aromatic rings. The molecule has 1 amide bonds. The highest BCUT2D eigenvalue weighted by Gasteiger charge is 2.29. The molecular formula is C29H30N6O2. The molecule has 0 saturated heterocycles. The number of nitrogens with one attached hydrogen (secondary N) is 1. The molecule has 5 rings (SSSR count). The molecule has 1 aliphatic rings. The predicted octanol–water partition coefficient (Wildman–Crippen LogP) is 3.98. The van der Waals surface area contributed by atoms with Gasteiger partial charge in [-0.2, -0.15) is 0 Å². The normalized spacial score (nSPS) is 15.7. The second kappa shape index (κ2) is 10.6. The quantitative estimate of drug-likeness (QED) is 0.403. The summed E-state index contributed by atoms with van der Waals surface area (Å²) < 4.78 is 7.53. The zero-order valence-corrected chi connectivity index (χ0v) is 21.0. The number of hydrogen-bond acceptors (Lipinski definition) is 6. The van der Waals surface area contributed by atoms with Crippen LogP contribution in [0.4, 0.5) is 5.69 Å². The van der Waals surface area contributed by atoms with Crippen molar-refractivity contribution in [2.24, 2.45) is 5.73 Å². The maximum absolute atomic E-state index is 13.7. The summed E-state index contributed by atoms with van der Waals surface area (Å²) in [6.07, 6.45) is 10.3. The van der Waals surface area contributed by atoms with Crippen LogP contribution in [-0.2, 0) is 17.8 Å². The summed E-state index contributed by atoms with van der Waals surface area (Å²) >= 11 is 0. The molecule has 0 spiro atoms. The summed E-state index contributed by atoms with van der Waals surface area (Å²) in [4.78, 5) is 24.0. The van der Waals surface area contributed by atoms with Crippen molar-refractivity contribution in [3.63, 3.8) is 0 Å². The van der Waals surface area contributed by atoms with E-state index in [1.807, 2.05) is 71.1 Å². The van der Waals surface area contributed by atoms with Crippen molar-refractivity contribution in [1.29, 1.82) is 0 Å². The van der Waals surface area contributed by atoms with Gasteiger partial charge in [0.25, 0.3) is 0 Å². The van der Waals surface area contributed by atoms with Gasteiger partial charge in [-0.15, -0.1) is 0 Å². The van der Waals surface area contributed by atoms with Crippen molar-refractivity contribution >= 4 is 17.3 Å². The molecule has 1 atom stereocenters. The monoisotopic (exact) mass is 494 g/mol. The molecule has 0 bridgehead atoms. The third-order valence-corrected chi connectivity index (χ3v) is 6.58. The molecule has 2 aromatic heterocycles. The molecule has 1 aliphatic heterocycles. The Morgan fingerprint density at radius 2 is 1.97 bits per heavy atom. The molecule has 3 N–H and O–H groups in total. The number of hydrogen-bond donors (Lipinski definition) is 2. The molecule has 0 saturated carbocycles. The highest BCUT2D eigenvalue weighted by atomic mass is 16.5. The van der Waals surface area contributed by atoms with Gasteiger partial charge in [0.2, 0.25) is 5.91 Å². The van der Waals surface area contributed by atoms with Crippen molar-refractivity contribution in [2.45, 2.75) is 32.4 Å². The molecule has 188 valence electrons. The van der Waals surface area contributed by atoms with Crippen molar-refractivity contribution in [2.75, 3.05) is 12.0 Å². The summed E-state index contributed by atoms with van der Waals surface area (Å²) in [6, 6.07) is 17.3. The maximum Gasteiger partial charge on any atom is 0.249 e. The number of nitrogens with zero attached hydrogens (tertiary/aromatic N) is 4. The Morgan fingerprint density at radius 1 is 1.16 bits per heavy atom. The topological polar surface area (TPSA) is 98.3 Å². The van der Waals surface area contributed by atoms with Crippen LogP contribution in [0.2, 0.25) is 0 Å². The Kier molecular flexibility index (Phi) is 6.89. The van der Waals surface area contributed by atoms with Gasteiger partial charge in [-0.05, 0) is 61.2 Å². The summed E-state index contributed by atoms with van der Waals surface area (Å²) in [7, 11) is 1.63. The Balaban J connectivity index is 1.38. The molecule has 3 heterocycles. The minimum atomic E-state index is -0.414. The number of aryl methyl sites for hydroxylation is 2. The smallest absolute Gasteiger partial charge is 0.249 e. The van der Waals surface area contributed by atoms with Crippen LogP contribution in [0, 0.1) is 6.92 Å². The first-order chi connectivity index (χ1) is 18.0. The van der Waals surface area contributed by atoms with Crippen LogP contribution in [0.1, 0.15) is 28.8 Å². The van der Waals surface area contributed by atoms with Crippen molar-refractivity contribution in [3.05, 3.63) is 108 Å². The average molecular weight is 495 g/mol. The fourth-order valence-electron chi connectivity index (χ4n) is 4.60. The SMILES string of the molecule is COc1cc(/C(N)=C/NC2CCc3ccccc3N(Cc3ccncc3)C2=O)ccc1-n1cnc(C)c1. The maximum atomic E-state index is 13.7. The molecule has 1 unspecified atom stereocenters. The van der Waals surface area contributed by atoms with Crippen LogP contribution in [0.5, 0.6) is 5.75 Å². The van der Waals surface area contributed by atoms with Gasteiger partial charge in [-0.25, -0.2) is 4.98 Å². The number of aromatic nitrogens is 3. The fourth-order valence-corrected chi connectivity index (χ4v) is 4.60. The van der Waals surface area contributed by atoms with Crippen LogP contribution in [0.3, 0.4) is 0 Å². The number of carbonyl (C=O) groups excluding carboxylic acids is 1. The highest BCUT2D eigenvalue weighted by molar-refractivity contribution is 5.98. The van der Waals surface area contributed by atoms with Gasteiger partial charge in [0.05, 0.1) is 37.1 Å². The average Bonchev–Trinajstić information content (AvgIpc) is 3.32. The van der Waals surface area contributed by atoms with Gasteiger partial charge in [0.1, 0.15) is 11.8 Å². The molecule has 8 nitrogen and oxygen atoms in total. The van der Waals surface area contributed by atoms with E-state index in [0.29, 0.717) is 24.4 Å². The van der Waals surface area contributed by atoms with Crippen molar-refractivity contribution < 1.29 is 9.53 Å². The third kappa shape index (κ3) is 5.18. The molecule has 8 heteroatoms. The number of pyridine rings is 1. The minimum Gasteiger partial charge on any atom is -0.495 e. The van der Waals surface area contributed by atoms with Crippen LogP contribution < -0.4 is 20.7 Å². The van der Waals surface area contributed by atoms with E-state index in [1.165, 1.54) is 0 Å². The number of methoxy groups -OCH3 is 1. The summed E-state index contributed by atoms with van der Waals surface area (Å²) in [5.41, 5.74) is 12.7. The van der Waals surface area contributed by atoms with Crippen LogP contribution >= 0.6 is 0 Å². The second-order valence-electron chi connectivity index (χ2n) is 9.08. The molecular weight excluding hydrogens is 464 g/mol. The number of fused-ring (bicyclic) bond motifs is 1. The second-order valence-corrected chi connectivity index (χ2v) is 9.08. The number of nitrogens with two attached hydrogens (primary N) is 1. The lowest BCUT2D eigenvalue weighted by Crippen LogP contribution is -2.44. The molecule has 0 radical (unpaired) electrons.